The molecular formula is C9H10BrFN2O. The smallest absolute Gasteiger partial charge is 0.234 e. The first kappa shape index (κ1) is 11.1. The van der Waals surface area contributed by atoms with E-state index in [4.69, 9.17) is 11.5 Å². The Balaban J connectivity index is 2.82. The Hall–Kier alpha value is -0.940. The van der Waals surface area contributed by atoms with Gasteiger partial charge in [-0.25, -0.2) is 4.39 Å². The summed E-state index contributed by atoms with van der Waals surface area (Å²) in [6.45, 7) is 0. The standard InChI is InChI=1S/C9H10BrFN2O/c10-6-2-1-5(7(11)4-6)3-8(12)9(13)14/h1-2,4,8H,3,12H2,(H2,13,14). The lowest BCUT2D eigenvalue weighted by Gasteiger charge is -2.08. The number of amides is 1. The summed E-state index contributed by atoms with van der Waals surface area (Å²) in [5.74, 6) is -1.02. The predicted molar refractivity (Wildman–Crippen MR) is 55.0 cm³/mol. The quantitative estimate of drug-likeness (QED) is 0.850. The van der Waals surface area contributed by atoms with E-state index in [1.807, 2.05) is 0 Å². The van der Waals surface area contributed by atoms with Crippen LogP contribution in [0.4, 0.5) is 4.39 Å². The van der Waals surface area contributed by atoms with Gasteiger partial charge in [0.2, 0.25) is 5.91 Å². The molecule has 1 aromatic rings. The third-order valence-corrected chi connectivity index (χ3v) is 2.31. The number of carbonyl (C=O) groups excluding carboxylic acids is 1. The molecule has 76 valence electrons. The number of hydrogen-bond donors (Lipinski definition) is 2. The molecule has 0 aliphatic rings. The number of nitrogens with two attached hydrogens (primary N) is 2. The minimum Gasteiger partial charge on any atom is -0.368 e. The highest BCUT2D eigenvalue weighted by Crippen LogP contribution is 2.16. The van der Waals surface area contributed by atoms with Crippen molar-refractivity contribution < 1.29 is 9.18 Å². The first-order valence-corrected chi connectivity index (χ1v) is 4.79. The monoisotopic (exact) mass is 260 g/mol. The summed E-state index contributed by atoms with van der Waals surface area (Å²) in [6, 6.07) is 3.74. The van der Waals surface area contributed by atoms with Crippen molar-refractivity contribution in [3.63, 3.8) is 0 Å². The molecule has 1 atom stereocenters. The van der Waals surface area contributed by atoms with E-state index in [1.54, 1.807) is 12.1 Å². The summed E-state index contributed by atoms with van der Waals surface area (Å²) in [5, 5.41) is 0. The van der Waals surface area contributed by atoms with Gasteiger partial charge < -0.3 is 11.5 Å². The van der Waals surface area contributed by atoms with Gasteiger partial charge in [0.05, 0.1) is 6.04 Å². The van der Waals surface area contributed by atoms with Gasteiger partial charge in [0.1, 0.15) is 5.82 Å². The van der Waals surface area contributed by atoms with Crippen LogP contribution in [0.15, 0.2) is 22.7 Å². The van der Waals surface area contributed by atoms with E-state index >= 15 is 0 Å². The van der Waals surface area contributed by atoms with E-state index in [-0.39, 0.29) is 6.42 Å². The fourth-order valence-electron chi connectivity index (χ4n) is 1.02. The van der Waals surface area contributed by atoms with Crippen molar-refractivity contribution in [3.8, 4) is 0 Å². The molecule has 1 unspecified atom stereocenters. The van der Waals surface area contributed by atoms with Gasteiger partial charge in [-0.3, -0.25) is 4.79 Å². The van der Waals surface area contributed by atoms with Gasteiger partial charge in [-0.2, -0.15) is 0 Å². The lowest BCUT2D eigenvalue weighted by Crippen LogP contribution is -2.38. The van der Waals surface area contributed by atoms with Crippen LogP contribution in [-0.4, -0.2) is 11.9 Å². The van der Waals surface area contributed by atoms with E-state index in [0.29, 0.717) is 10.0 Å². The molecule has 14 heavy (non-hydrogen) atoms. The van der Waals surface area contributed by atoms with Gasteiger partial charge >= 0.3 is 0 Å². The fraction of sp³-hybridized carbons (Fsp3) is 0.222. The van der Waals surface area contributed by atoms with Crippen LogP contribution in [0.2, 0.25) is 0 Å². The maximum Gasteiger partial charge on any atom is 0.234 e. The predicted octanol–water partition coefficient (Wildman–Crippen LogP) is 0.943. The van der Waals surface area contributed by atoms with Gasteiger partial charge in [0, 0.05) is 4.47 Å². The van der Waals surface area contributed by atoms with E-state index in [0.717, 1.165) is 0 Å². The third kappa shape index (κ3) is 2.78. The van der Waals surface area contributed by atoms with E-state index < -0.39 is 17.8 Å². The molecule has 5 heteroatoms. The summed E-state index contributed by atoms with van der Waals surface area (Å²) >= 11 is 3.13. The third-order valence-electron chi connectivity index (χ3n) is 1.82. The highest BCUT2D eigenvalue weighted by atomic mass is 79.9. The molecule has 0 spiro atoms. The average molecular weight is 261 g/mol. The van der Waals surface area contributed by atoms with Crippen molar-refractivity contribution in [2.45, 2.75) is 12.5 Å². The Morgan fingerprint density at radius 3 is 2.71 bits per heavy atom. The largest absolute Gasteiger partial charge is 0.368 e. The molecule has 3 nitrogen and oxygen atoms in total. The Morgan fingerprint density at radius 1 is 1.57 bits per heavy atom. The normalized spacial score (nSPS) is 12.5. The van der Waals surface area contributed by atoms with Crippen molar-refractivity contribution in [2.24, 2.45) is 11.5 Å². The summed E-state index contributed by atoms with van der Waals surface area (Å²) < 4.78 is 13.9. The Kier molecular flexibility index (Phi) is 3.60. The maximum absolute atomic E-state index is 13.2. The number of benzene rings is 1. The second-order valence-corrected chi connectivity index (χ2v) is 3.86. The topological polar surface area (TPSA) is 69.1 Å². The van der Waals surface area contributed by atoms with Gasteiger partial charge in [0.25, 0.3) is 0 Å². The van der Waals surface area contributed by atoms with Crippen LogP contribution in [-0.2, 0) is 11.2 Å². The second-order valence-electron chi connectivity index (χ2n) is 2.95. The van der Waals surface area contributed by atoms with Crippen LogP contribution in [0.5, 0.6) is 0 Å². The van der Waals surface area contributed by atoms with Crippen molar-refractivity contribution in [1.82, 2.24) is 0 Å². The number of carbonyl (C=O) groups is 1. The summed E-state index contributed by atoms with van der Waals surface area (Å²) in [6.07, 6.45) is 0.119. The Bertz CT molecular complexity index is 357. The van der Waals surface area contributed by atoms with Crippen LogP contribution < -0.4 is 11.5 Å². The molecule has 4 N–H and O–H groups in total. The number of hydrogen-bond acceptors (Lipinski definition) is 2. The molecule has 0 aliphatic heterocycles. The fourth-order valence-corrected chi connectivity index (χ4v) is 1.36. The van der Waals surface area contributed by atoms with Crippen LogP contribution in [0, 0.1) is 5.82 Å². The Labute approximate surface area is 89.4 Å². The van der Waals surface area contributed by atoms with Crippen molar-refractivity contribution in [2.75, 3.05) is 0 Å². The van der Waals surface area contributed by atoms with Crippen molar-refractivity contribution >= 4 is 21.8 Å². The van der Waals surface area contributed by atoms with E-state index in [9.17, 15) is 9.18 Å². The van der Waals surface area contributed by atoms with Gasteiger partial charge in [-0.15, -0.1) is 0 Å². The first-order chi connectivity index (χ1) is 6.50. The molecule has 0 saturated carbocycles. The minimum atomic E-state index is -0.842. The van der Waals surface area contributed by atoms with Gasteiger partial charge in [-0.1, -0.05) is 22.0 Å². The highest BCUT2D eigenvalue weighted by molar-refractivity contribution is 9.10. The minimum absolute atomic E-state index is 0.119. The van der Waals surface area contributed by atoms with Crippen molar-refractivity contribution in [3.05, 3.63) is 34.1 Å². The summed E-state index contributed by atoms with van der Waals surface area (Å²) in [7, 11) is 0. The summed E-state index contributed by atoms with van der Waals surface area (Å²) in [5.41, 5.74) is 10.8. The van der Waals surface area contributed by atoms with Crippen LogP contribution in [0.25, 0.3) is 0 Å². The second kappa shape index (κ2) is 4.52. The Morgan fingerprint density at radius 2 is 2.21 bits per heavy atom. The molecule has 0 heterocycles. The van der Waals surface area contributed by atoms with Gasteiger partial charge in [0.15, 0.2) is 0 Å². The zero-order chi connectivity index (χ0) is 10.7. The lowest BCUT2D eigenvalue weighted by atomic mass is 10.1. The molecule has 0 radical (unpaired) electrons. The molecule has 1 rings (SSSR count). The molecule has 0 fully saturated rings. The number of primary amides is 1. The molecule has 0 aromatic heterocycles. The lowest BCUT2D eigenvalue weighted by molar-refractivity contribution is -0.119. The molecule has 1 amide bonds. The van der Waals surface area contributed by atoms with Crippen molar-refractivity contribution in [1.29, 1.82) is 0 Å². The average Bonchev–Trinajstić information content (AvgIpc) is 2.09. The van der Waals surface area contributed by atoms with E-state index in [2.05, 4.69) is 15.9 Å². The molecule has 0 bridgehead atoms. The van der Waals surface area contributed by atoms with Crippen LogP contribution in [0.1, 0.15) is 5.56 Å². The highest BCUT2D eigenvalue weighted by Gasteiger charge is 2.12. The maximum atomic E-state index is 13.2. The SMILES string of the molecule is NC(=O)C(N)Cc1ccc(Br)cc1F. The first-order valence-electron chi connectivity index (χ1n) is 3.99. The zero-order valence-corrected chi connectivity index (χ0v) is 8.92. The number of halogens is 2. The van der Waals surface area contributed by atoms with Crippen LogP contribution in [0.3, 0.4) is 0 Å². The molecule has 0 saturated heterocycles. The molecule has 1 aromatic carbocycles. The summed E-state index contributed by atoms with van der Waals surface area (Å²) in [4.78, 5) is 10.6. The van der Waals surface area contributed by atoms with Gasteiger partial charge in [-0.05, 0) is 24.1 Å². The number of rotatable bonds is 3. The van der Waals surface area contributed by atoms with E-state index in [1.165, 1.54) is 6.07 Å². The molecular weight excluding hydrogens is 251 g/mol. The molecule has 0 aliphatic carbocycles. The zero-order valence-electron chi connectivity index (χ0n) is 7.34. The van der Waals surface area contributed by atoms with Crippen LogP contribution >= 0.6 is 15.9 Å².